The number of piperidine rings is 1. The maximum atomic E-state index is 12.1. The van der Waals surface area contributed by atoms with Crippen LogP contribution >= 0.6 is 0 Å². The Bertz CT molecular complexity index is 385. The van der Waals surface area contributed by atoms with Crippen LogP contribution in [0.25, 0.3) is 0 Å². The highest BCUT2D eigenvalue weighted by molar-refractivity contribution is 5.82. The van der Waals surface area contributed by atoms with Crippen LogP contribution in [0.1, 0.15) is 31.3 Å². The van der Waals surface area contributed by atoms with Crippen molar-refractivity contribution in [3.63, 3.8) is 0 Å². The highest BCUT2D eigenvalue weighted by atomic mass is 16.3. The third-order valence-corrected chi connectivity index (χ3v) is 3.12. The third-order valence-electron chi connectivity index (χ3n) is 3.12. The van der Waals surface area contributed by atoms with Gasteiger partial charge in [-0.3, -0.25) is 4.79 Å². The van der Waals surface area contributed by atoms with E-state index in [9.17, 15) is 4.79 Å². The summed E-state index contributed by atoms with van der Waals surface area (Å²) >= 11 is 0. The van der Waals surface area contributed by atoms with Gasteiger partial charge in [0.1, 0.15) is 11.5 Å². The zero-order valence-corrected chi connectivity index (χ0v) is 10.5. The number of rotatable bonds is 4. The van der Waals surface area contributed by atoms with E-state index in [1.54, 1.807) is 0 Å². The fourth-order valence-corrected chi connectivity index (χ4v) is 2.29. The van der Waals surface area contributed by atoms with Crippen molar-refractivity contribution in [3.8, 4) is 0 Å². The number of hydrogen-bond acceptors (Lipinski definition) is 3. The second-order valence-corrected chi connectivity index (χ2v) is 4.52. The smallest absolute Gasteiger partial charge is 0.240 e. The summed E-state index contributed by atoms with van der Waals surface area (Å²) in [5, 5.41) is 3.23. The number of nitrogens with one attached hydrogen (secondary N) is 1. The zero-order valence-electron chi connectivity index (χ0n) is 10.5. The standard InChI is InChI=1S/C13H20N2O2/c1-3-14-12-5-4-8-15(13(12)16)9-11-7-6-10(2)17-11/h6-7,12,14H,3-5,8-9H2,1-2H3. The fraction of sp³-hybridized carbons (Fsp3) is 0.615. The molecule has 94 valence electrons. The lowest BCUT2D eigenvalue weighted by Crippen LogP contribution is -2.50. The van der Waals surface area contributed by atoms with Gasteiger partial charge in [-0.05, 0) is 38.4 Å². The molecule has 1 amide bonds. The largest absolute Gasteiger partial charge is 0.464 e. The van der Waals surface area contributed by atoms with Crippen LogP contribution in [0.3, 0.4) is 0 Å². The molecule has 1 fully saturated rings. The molecule has 1 aliphatic rings. The summed E-state index contributed by atoms with van der Waals surface area (Å²) in [6.45, 7) is 6.21. The molecule has 1 unspecified atom stereocenters. The molecule has 1 aromatic rings. The minimum absolute atomic E-state index is 0.00944. The summed E-state index contributed by atoms with van der Waals surface area (Å²) in [7, 11) is 0. The number of likely N-dealkylation sites (N-methyl/N-ethyl adjacent to an activating group) is 1. The molecule has 1 aliphatic heterocycles. The summed E-state index contributed by atoms with van der Waals surface area (Å²) < 4.78 is 5.52. The molecule has 2 heterocycles. The van der Waals surface area contributed by atoms with Crippen molar-refractivity contribution in [2.24, 2.45) is 0 Å². The molecule has 0 saturated carbocycles. The molecule has 1 N–H and O–H groups in total. The van der Waals surface area contributed by atoms with E-state index in [1.165, 1.54) is 0 Å². The predicted molar refractivity (Wildman–Crippen MR) is 65.6 cm³/mol. The third kappa shape index (κ3) is 2.88. The molecular weight excluding hydrogens is 216 g/mol. The number of amides is 1. The fourth-order valence-electron chi connectivity index (χ4n) is 2.29. The van der Waals surface area contributed by atoms with Gasteiger partial charge in [0.25, 0.3) is 0 Å². The summed E-state index contributed by atoms with van der Waals surface area (Å²) in [5.41, 5.74) is 0. The Kier molecular flexibility index (Phi) is 3.84. The van der Waals surface area contributed by atoms with E-state index in [0.29, 0.717) is 6.54 Å². The highest BCUT2D eigenvalue weighted by Gasteiger charge is 2.28. The molecular formula is C13H20N2O2. The van der Waals surface area contributed by atoms with Gasteiger partial charge >= 0.3 is 0 Å². The van der Waals surface area contributed by atoms with Gasteiger partial charge in [0.05, 0.1) is 12.6 Å². The Hall–Kier alpha value is -1.29. The number of aryl methyl sites for hydroxylation is 1. The zero-order chi connectivity index (χ0) is 12.3. The summed E-state index contributed by atoms with van der Waals surface area (Å²) in [6, 6.07) is 3.87. The summed E-state index contributed by atoms with van der Waals surface area (Å²) in [5.74, 6) is 1.97. The van der Waals surface area contributed by atoms with Gasteiger partial charge in [-0.15, -0.1) is 0 Å². The van der Waals surface area contributed by atoms with E-state index < -0.39 is 0 Å². The Balaban J connectivity index is 1.98. The number of likely N-dealkylation sites (tertiary alicyclic amines) is 1. The molecule has 4 nitrogen and oxygen atoms in total. The maximum Gasteiger partial charge on any atom is 0.240 e. The summed E-state index contributed by atoms with van der Waals surface area (Å²) in [6.07, 6.45) is 2.00. The Morgan fingerprint density at radius 2 is 2.35 bits per heavy atom. The van der Waals surface area contributed by atoms with E-state index in [0.717, 1.165) is 37.5 Å². The molecule has 0 aliphatic carbocycles. The first-order valence-corrected chi connectivity index (χ1v) is 6.28. The van der Waals surface area contributed by atoms with Crippen LogP contribution in [0.4, 0.5) is 0 Å². The van der Waals surface area contributed by atoms with Crippen LogP contribution in [0.15, 0.2) is 16.5 Å². The first-order chi connectivity index (χ1) is 8.20. The maximum absolute atomic E-state index is 12.1. The van der Waals surface area contributed by atoms with Crippen LogP contribution < -0.4 is 5.32 Å². The molecule has 1 saturated heterocycles. The molecule has 0 spiro atoms. The van der Waals surface area contributed by atoms with E-state index in [1.807, 2.05) is 30.9 Å². The molecule has 17 heavy (non-hydrogen) atoms. The Morgan fingerprint density at radius 1 is 1.53 bits per heavy atom. The van der Waals surface area contributed by atoms with Gasteiger partial charge in [-0.1, -0.05) is 6.92 Å². The number of hydrogen-bond donors (Lipinski definition) is 1. The average Bonchev–Trinajstić information content (AvgIpc) is 2.70. The van der Waals surface area contributed by atoms with Crippen LogP contribution in [0, 0.1) is 6.92 Å². The normalized spacial score (nSPS) is 20.9. The van der Waals surface area contributed by atoms with Gasteiger partial charge < -0.3 is 14.6 Å². The van der Waals surface area contributed by atoms with E-state index in [-0.39, 0.29) is 11.9 Å². The van der Waals surface area contributed by atoms with Crippen molar-refractivity contribution >= 4 is 5.91 Å². The highest BCUT2D eigenvalue weighted by Crippen LogP contribution is 2.16. The Morgan fingerprint density at radius 3 is 3.00 bits per heavy atom. The molecule has 0 aromatic carbocycles. The molecule has 2 rings (SSSR count). The van der Waals surface area contributed by atoms with Crippen molar-refractivity contribution in [1.82, 2.24) is 10.2 Å². The topological polar surface area (TPSA) is 45.5 Å². The lowest BCUT2D eigenvalue weighted by molar-refractivity contribution is -0.136. The Labute approximate surface area is 102 Å². The van der Waals surface area contributed by atoms with Crippen LogP contribution in [-0.2, 0) is 11.3 Å². The van der Waals surface area contributed by atoms with Crippen molar-refractivity contribution in [1.29, 1.82) is 0 Å². The minimum Gasteiger partial charge on any atom is -0.464 e. The first kappa shape index (κ1) is 12.2. The quantitative estimate of drug-likeness (QED) is 0.865. The van der Waals surface area contributed by atoms with Crippen molar-refractivity contribution in [3.05, 3.63) is 23.7 Å². The van der Waals surface area contributed by atoms with Crippen molar-refractivity contribution < 1.29 is 9.21 Å². The SMILES string of the molecule is CCNC1CCCN(Cc2ccc(C)o2)C1=O. The van der Waals surface area contributed by atoms with Gasteiger partial charge in [0.15, 0.2) is 0 Å². The summed E-state index contributed by atoms with van der Waals surface area (Å²) in [4.78, 5) is 14.0. The van der Waals surface area contributed by atoms with Gasteiger partial charge in [0.2, 0.25) is 5.91 Å². The molecule has 0 radical (unpaired) electrons. The van der Waals surface area contributed by atoms with Crippen LogP contribution in [-0.4, -0.2) is 29.9 Å². The lowest BCUT2D eigenvalue weighted by Gasteiger charge is -2.32. The molecule has 1 atom stereocenters. The van der Waals surface area contributed by atoms with E-state index in [4.69, 9.17) is 4.42 Å². The second-order valence-electron chi connectivity index (χ2n) is 4.52. The number of carbonyl (C=O) groups is 1. The predicted octanol–water partition coefficient (Wildman–Crippen LogP) is 1.69. The number of furan rings is 1. The van der Waals surface area contributed by atoms with E-state index >= 15 is 0 Å². The van der Waals surface area contributed by atoms with Crippen LogP contribution in [0.5, 0.6) is 0 Å². The molecule has 4 heteroatoms. The monoisotopic (exact) mass is 236 g/mol. The first-order valence-electron chi connectivity index (χ1n) is 6.28. The van der Waals surface area contributed by atoms with E-state index in [2.05, 4.69) is 5.32 Å². The molecule has 0 bridgehead atoms. The molecule has 1 aromatic heterocycles. The average molecular weight is 236 g/mol. The van der Waals surface area contributed by atoms with Crippen molar-refractivity contribution in [2.45, 2.75) is 39.3 Å². The van der Waals surface area contributed by atoms with Gasteiger partial charge in [-0.25, -0.2) is 0 Å². The van der Waals surface area contributed by atoms with Crippen LogP contribution in [0.2, 0.25) is 0 Å². The number of carbonyl (C=O) groups excluding carboxylic acids is 1. The lowest BCUT2D eigenvalue weighted by atomic mass is 10.0. The minimum atomic E-state index is -0.00944. The number of nitrogens with zero attached hydrogens (tertiary/aromatic N) is 1. The second kappa shape index (κ2) is 5.36. The van der Waals surface area contributed by atoms with Crippen molar-refractivity contribution in [2.75, 3.05) is 13.1 Å². The van der Waals surface area contributed by atoms with Gasteiger partial charge in [-0.2, -0.15) is 0 Å². The van der Waals surface area contributed by atoms with Gasteiger partial charge in [0, 0.05) is 6.54 Å².